The summed E-state index contributed by atoms with van der Waals surface area (Å²) in [4.78, 5) is 26.4. The maximum Gasteiger partial charge on any atom is 0.220 e. The van der Waals surface area contributed by atoms with E-state index in [1.165, 1.54) is 11.8 Å². The summed E-state index contributed by atoms with van der Waals surface area (Å²) in [6, 6.07) is -0.410. The van der Waals surface area contributed by atoms with Crippen molar-refractivity contribution in [3.63, 3.8) is 0 Å². The fraction of sp³-hybridized carbons (Fsp3) is 0.364. The highest BCUT2D eigenvalue weighted by Gasteiger charge is 2.17. The summed E-state index contributed by atoms with van der Waals surface area (Å²) >= 11 is 1.43. The maximum atomic E-state index is 11.4. The summed E-state index contributed by atoms with van der Waals surface area (Å²) in [6.45, 7) is 1.75. The van der Waals surface area contributed by atoms with Crippen molar-refractivity contribution in [3.05, 3.63) is 23.3 Å². The lowest BCUT2D eigenvalue weighted by atomic mass is 10.0. The number of amides is 2. The van der Waals surface area contributed by atoms with Crippen molar-refractivity contribution in [2.45, 2.75) is 25.8 Å². The fourth-order valence-electron chi connectivity index (χ4n) is 1.30. The van der Waals surface area contributed by atoms with Crippen molar-refractivity contribution in [2.24, 2.45) is 10.7 Å². The number of carbonyl (C=O) groups is 2. The average Bonchev–Trinajstić information content (AvgIpc) is 2.55. The first-order valence-electron chi connectivity index (χ1n) is 5.25. The number of hydrogen-bond donors (Lipinski definition) is 2. The Balaban J connectivity index is 2.80. The van der Waals surface area contributed by atoms with Crippen LogP contribution in [0.25, 0.3) is 0 Å². The van der Waals surface area contributed by atoms with Crippen molar-refractivity contribution >= 4 is 29.1 Å². The molecule has 1 atom stereocenters. The molecule has 1 aliphatic rings. The van der Waals surface area contributed by atoms with Gasteiger partial charge in [-0.25, -0.2) is 0 Å². The number of nitrogens with zero attached hydrogens (tertiary/aromatic N) is 1. The van der Waals surface area contributed by atoms with Crippen LogP contribution in [0.1, 0.15) is 19.8 Å². The zero-order valence-corrected chi connectivity index (χ0v) is 10.4. The van der Waals surface area contributed by atoms with Gasteiger partial charge in [-0.1, -0.05) is 18.7 Å². The number of hydrogen-bond acceptors (Lipinski definition) is 4. The second-order valence-corrected chi connectivity index (χ2v) is 4.22. The predicted octanol–water partition coefficient (Wildman–Crippen LogP) is 0.929. The Bertz CT molecular complexity index is 388. The van der Waals surface area contributed by atoms with Crippen LogP contribution in [0.5, 0.6) is 0 Å². The van der Waals surface area contributed by atoms with E-state index in [0.717, 1.165) is 5.57 Å². The Morgan fingerprint density at radius 1 is 1.59 bits per heavy atom. The minimum atomic E-state index is -0.457. The van der Waals surface area contributed by atoms with Crippen LogP contribution in [0.2, 0.25) is 0 Å². The summed E-state index contributed by atoms with van der Waals surface area (Å²) in [5.41, 5.74) is 7.61. The number of nitrogens with one attached hydrogen (secondary N) is 1. The zero-order chi connectivity index (χ0) is 12.7. The van der Waals surface area contributed by atoms with Crippen molar-refractivity contribution < 1.29 is 9.59 Å². The summed E-state index contributed by atoms with van der Waals surface area (Å²) < 4.78 is 0. The minimum Gasteiger partial charge on any atom is -0.370 e. The van der Waals surface area contributed by atoms with Crippen molar-refractivity contribution in [1.82, 2.24) is 5.32 Å². The first-order valence-corrected chi connectivity index (χ1v) is 6.19. The van der Waals surface area contributed by atoms with E-state index >= 15 is 0 Å². The van der Waals surface area contributed by atoms with Gasteiger partial charge in [0.05, 0.1) is 18.0 Å². The highest BCUT2D eigenvalue weighted by atomic mass is 32.2. The molecule has 92 valence electrons. The number of aliphatic imine (C=N–C) groups is 1. The fourth-order valence-corrected chi connectivity index (χ4v) is 1.74. The van der Waals surface area contributed by atoms with Gasteiger partial charge in [-0.05, 0) is 17.1 Å². The number of thioether (sulfide) groups is 1. The monoisotopic (exact) mass is 253 g/mol. The van der Waals surface area contributed by atoms with Gasteiger partial charge in [0.1, 0.15) is 0 Å². The second-order valence-electron chi connectivity index (χ2n) is 3.47. The first kappa shape index (κ1) is 13.5. The number of nitrogens with two attached hydrogens (primary N) is 1. The molecule has 0 radical (unpaired) electrons. The third kappa shape index (κ3) is 4.86. The molecule has 0 fully saturated rings. The molecule has 0 aromatic carbocycles. The molecule has 1 rings (SSSR count). The smallest absolute Gasteiger partial charge is 0.220 e. The average molecular weight is 253 g/mol. The van der Waals surface area contributed by atoms with Crippen LogP contribution < -0.4 is 11.1 Å². The molecule has 2 amide bonds. The molecule has 0 bridgehead atoms. The van der Waals surface area contributed by atoms with E-state index in [4.69, 9.17) is 5.73 Å². The second kappa shape index (κ2) is 6.90. The SMILES string of the molecule is CCC(=O)NC(CC(N)=O)C1=CN=CSC=C1. The summed E-state index contributed by atoms with van der Waals surface area (Å²) in [5.74, 6) is -0.576. The molecule has 17 heavy (non-hydrogen) atoms. The molecule has 1 aliphatic heterocycles. The van der Waals surface area contributed by atoms with Gasteiger partial charge in [-0.3, -0.25) is 14.6 Å². The van der Waals surface area contributed by atoms with Gasteiger partial charge in [-0.15, -0.1) is 0 Å². The van der Waals surface area contributed by atoms with E-state index in [1.807, 2.05) is 11.5 Å². The molecule has 0 aromatic heterocycles. The standard InChI is InChI=1S/C11H15N3O2S/c1-2-11(16)14-9(5-10(12)15)8-3-4-17-7-13-6-8/h3-4,6-7,9H,2,5H2,1H3,(H2,12,15)(H,14,16). The Hall–Kier alpha value is -1.56. The van der Waals surface area contributed by atoms with Crippen molar-refractivity contribution in [3.8, 4) is 0 Å². The lowest BCUT2D eigenvalue weighted by molar-refractivity contribution is -0.122. The van der Waals surface area contributed by atoms with Gasteiger partial charge in [-0.2, -0.15) is 0 Å². The molecular weight excluding hydrogens is 238 g/mol. The van der Waals surface area contributed by atoms with E-state index < -0.39 is 11.9 Å². The maximum absolute atomic E-state index is 11.4. The van der Waals surface area contributed by atoms with E-state index in [2.05, 4.69) is 10.3 Å². The van der Waals surface area contributed by atoms with Gasteiger partial charge in [0.25, 0.3) is 0 Å². The molecular formula is C11H15N3O2S. The lowest BCUT2D eigenvalue weighted by Gasteiger charge is -2.17. The lowest BCUT2D eigenvalue weighted by Crippen LogP contribution is -2.38. The van der Waals surface area contributed by atoms with Crippen LogP contribution in [0.3, 0.4) is 0 Å². The Morgan fingerprint density at radius 3 is 3.00 bits per heavy atom. The third-order valence-electron chi connectivity index (χ3n) is 2.15. The number of primary amides is 1. The van der Waals surface area contributed by atoms with E-state index in [0.29, 0.717) is 6.42 Å². The largest absolute Gasteiger partial charge is 0.370 e. The Labute approximate surface area is 104 Å². The minimum absolute atomic E-state index is 0.0715. The summed E-state index contributed by atoms with van der Waals surface area (Å²) in [7, 11) is 0. The zero-order valence-electron chi connectivity index (χ0n) is 9.55. The van der Waals surface area contributed by atoms with Crippen LogP contribution >= 0.6 is 11.8 Å². The molecule has 0 spiro atoms. The third-order valence-corrected chi connectivity index (χ3v) is 2.69. The molecule has 0 saturated carbocycles. The molecule has 5 nitrogen and oxygen atoms in total. The van der Waals surface area contributed by atoms with Crippen LogP contribution in [0.4, 0.5) is 0 Å². The summed E-state index contributed by atoms with van der Waals surface area (Å²) in [5, 5.41) is 4.59. The molecule has 0 aromatic rings. The molecule has 1 unspecified atom stereocenters. The van der Waals surface area contributed by atoms with Gasteiger partial charge in [0.15, 0.2) is 0 Å². The quantitative estimate of drug-likeness (QED) is 0.764. The highest BCUT2D eigenvalue weighted by molar-refractivity contribution is 8.14. The number of rotatable bonds is 5. The van der Waals surface area contributed by atoms with Crippen molar-refractivity contribution in [1.29, 1.82) is 0 Å². The Morgan fingerprint density at radius 2 is 2.35 bits per heavy atom. The van der Waals surface area contributed by atoms with Gasteiger partial charge >= 0.3 is 0 Å². The number of carbonyl (C=O) groups excluding carboxylic acids is 2. The van der Waals surface area contributed by atoms with Crippen LogP contribution in [-0.2, 0) is 9.59 Å². The topological polar surface area (TPSA) is 84.5 Å². The molecule has 0 saturated heterocycles. The molecule has 6 heteroatoms. The Kier molecular flexibility index (Phi) is 5.48. The molecule has 0 aliphatic carbocycles. The molecule has 1 heterocycles. The van der Waals surface area contributed by atoms with Crippen LogP contribution in [0.15, 0.2) is 28.2 Å². The van der Waals surface area contributed by atoms with E-state index in [1.54, 1.807) is 18.7 Å². The van der Waals surface area contributed by atoms with Crippen LogP contribution in [0, 0.1) is 0 Å². The van der Waals surface area contributed by atoms with Gasteiger partial charge in [0.2, 0.25) is 11.8 Å². The van der Waals surface area contributed by atoms with E-state index in [-0.39, 0.29) is 12.3 Å². The summed E-state index contributed by atoms with van der Waals surface area (Å²) in [6.07, 6.45) is 3.88. The van der Waals surface area contributed by atoms with Gasteiger partial charge in [0, 0.05) is 12.6 Å². The first-order chi connectivity index (χ1) is 8.13. The van der Waals surface area contributed by atoms with Crippen molar-refractivity contribution in [2.75, 3.05) is 0 Å². The normalized spacial score (nSPS) is 15.9. The molecule has 3 N–H and O–H groups in total. The van der Waals surface area contributed by atoms with Gasteiger partial charge < -0.3 is 11.1 Å². The van der Waals surface area contributed by atoms with E-state index in [9.17, 15) is 9.59 Å². The van der Waals surface area contributed by atoms with Crippen LogP contribution in [-0.4, -0.2) is 23.4 Å². The highest BCUT2D eigenvalue weighted by Crippen LogP contribution is 2.14. The predicted molar refractivity (Wildman–Crippen MR) is 69.3 cm³/mol.